The average molecular weight is 442 g/mol. The molecule has 0 bridgehead atoms. The molecule has 1 aliphatic rings. The third-order valence-corrected chi connectivity index (χ3v) is 7.13. The van der Waals surface area contributed by atoms with Crippen molar-refractivity contribution in [2.75, 3.05) is 34.4 Å². The number of nitrogens with zero attached hydrogens (tertiary/aromatic N) is 1. The summed E-state index contributed by atoms with van der Waals surface area (Å²) < 4.78 is 17.9. The number of likely N-dealkylation sites (tertiary alicyclic amines) is 1. The summed E-state index contributed by atoms with van der Waals surface area (Å²) in [5.74, 6) is 0.810. The van der Waals surface area contributed by atoms with Gasteiger partial charge in [-0.2, -0.15) is 0 Å². The molecule has 1 unspecified atom stereocenters. The number of rotatable bonds is 7. The summed E-state index contributed by atoms with van der Waals surface area (Å²) in [6, 6.07) is 14.6. The van der Waals surface area contributed by atoms with Gasteiger partial charge >= 0.3 is 5.97 Å². The number of benzene rings is 2. The Hall–Kier alpha value is -2.77. The van der Waals surface area contributed by atoms with E-state index < -0.39 is 5.97 Å². The van der Waals surface area contributed by atoms with E-state index in [9.17, 15) is 9.90 Å². The van der Waals surface area contributed by atoms with E-state index in [0.29, 0.717) is 43.2 Å². The standard InChI is InChI=1S/C24H27NO5S/c1-28-18-12-17(13-19(29-2)23(18)30-3)22(25-10-8-15(9-11-25)24(26)27)21-14-16-6-4-5-7-20(16)31-21/h4-7,12-15,22H,8-11H2,1-3H3,(H,26,27). The normalized spacial score (nSPS) is 16.2. The third-order valence-electron chi connectivity index (χ3n) is 5.96. The first-order chi connectivity index (χ1) is 15.0. The molecule has 0 saturated carbocycles. The number of aliphatic carboxylic acids is 1. The van der Waals surface area contributed by atoms with Crippen LogP contribution in [0.3, 0.4) is 0 Å². The van der Waals surface area contributed by atoms with Crippen molar-refractivity contribution < 1.29 is 24.1 Å². The zero-order valence-corrected chi connectivity index (χ0v) is 18.8. The molecule has 164 valence electrons. The molecule has 4 rings (SSSR count). The predicted octanol–water partition coefficient (Wildman–Crippen LogP) is 4.81. The monoisotopic (exact) mass is 441 g/mol. The van der Waals surface area contributed by atoms with E-state index in [1.54, 1.807) is 32.7 Å². The summed E-state index contributed by atoms with van der Waals surface area (Å²) in [4.78, 5) is 15.0. The van der Waals surface area contributed by atoms with Crippen LogP contribution < -0.4 is 14.2 Å². The quantitative estimate of drug-likeness (QED) is 0.567. The summed E-state index contributed by atoms with van der Waals surface area (Å²) in [5.41, 5.74) is 1.04. The number of carboxylic acid groups (broad SMARTS) is 1. The summed E-state index contributed by atoms with van der Waals surface area (Å²) in [7, 11) is 4.84. The molecule has 6 nitrogen and oxygen atoms in total. The van der Waals surface area contributed by atoms with E-state index in [0.717, 1.165) is 5.56 Å². The fourth-order valence-corrected chi connectivity index (χ4v) is 5.58. The minimum atomic E-state index is -0.703. The van der Waals surface area contributed by atoms with E-state index in [2.05, 4.69) is 29.2 Å². The maximum Gasteiger partial charge on any atom is 0.306 e. The zero-order chi connectivity index (χ0) is 22.0. The van der Waals surface area contributed by atoms with Crippen LogP contribution in [-0.2, 0) is 4.79 Å². The van der Waals surface area contributed by atoms with Gasteiger partial charge in [0.25, 0.3) is 0 Å². The van der Waals surface area contributed by atoms with E-state index in [1.807, 2.05) is 18.2 Å². The van der Waals surface area contributed by atoms with Gasteiger partial charge < -0.3 is 19.3 Å². The van der Waals surface area contributed by atoms with Crippen LogP contribution in [0.2, 0.25) is 0 Å². The molecule has 0 radical (unpaired) electrons. The lowest BCUT2D eigenvalue weighted by molar-refractivity contribution is -0.143. The number of thiophene rings is 1. The van der Waals surface area contributed by atoms with Gasteiger partial charge in [0.15, 0.2) is 11.5 Å². The lowest BCUT2D eigenvalue weighted by Gasteiger charge is -2.36. The number of hydrogen-bond donors (Lipinski definition) is 1. The highest BCUT2D eigenvalue weighted by molar-refractivity contribution is 7.19. The summed E-state index contributed by atoms with van der Waals surface area (Å²) in [5, 5.41) is 10.6. The van der Waals surface area contributed by atoms with Crippen molar-refractivity contribution in [1.29, 1.82) is 0 Å². The van der Waals surface area contributed by atoms with Crippen LogP contribution in [0.5, 0.6) is 17.2 Å². The molecule has 1 aliphatic heterocycles. The number of ether oxygens (including phenoxy) is 3. The van der Waals surface area contributed by atoms with Gasteiger partial charge in [-0.3, -0.25) is 9.69 Å². The van der Waals surface area contributed by atoms with Gasteiger partial charge in [0, 0.05) is 9.58 Å². The third kappa shape index (κ3) is 4.20. The molecule has 31 heavy (non-hydrogen) atoms. The van der Waals surface area contributed by atoms with Gasteiger partial charge in [-0.05, 0) is 61.1 Å². The molecule has 1 fully saturated rings. The lowest BCUT2D eigenvalue weighted by Crippen LogP contribution is -2.39. The second-order valence-corrected chi connectivity index (χ2v) is 8.81. The van der Waals surface area contributed by atoms with E-state index >= 15 is 0 Å². The average Bonchev–Trinajstić information content (AvgIpc) is 3.22. The maximum absolute atomic E-state index is 11.5. The van der Waals surface area contributed by atoms with Crippen LogP contribution in [-0.4, -0.2) is 50.4 Å². The van der Waals surface area contributed by atoms with Crippen molar-refractivity contribution in [1.82, 2.24) is 4.90 Å². The van der Waals surface area contributed by atoms with Gasteiger partial charge in [0.05, 0.1) is 33.3 Å². The van der Waals surface area contributed by atoms with E-state index in [1.165, 1.54) is 15.0 Å². The molecular formula is C24H27NO5S. The topological polar surface area (TPSA) is 68.2 Å². The zero-order valence-electron chi connectivity index (χ0n) is 18.0. The van der Waals surface area contributed by atoms with Gasteiger partial charge in [0.1, 0.15) is 0 Å². The Morgan fingerprint density at radius 2 is 1.68 bits per heavy atom. The predicted molar refractivity (Wildman–Crippen MR) is 122 cm³/mol. The largest absolute Gasteiger partial charge is 0.493 e. The second kappa shape index (κ2) is 9.16. The number of piperidine rings is 1. The Balaban J connectivity index is 1.80. The minimum Gasteiger partial charge on any atom is -0.493 e. The summed E-state index contributed by atoms with van der Waals surface area (Å²) in [6.07, 6.45) is 1.28. The fraction of sp³-hybridized carbons (Fsp3) is 0.375. The van der Waals surface area contributed by atoms with Crippen molar-refractivity contribution >= 4 is 27.4 Å². The van der Waals surface area contributed by atoms with E-state index in [-0.39, 0.29) is 12.0 Å². The smallest absolute Gasteiger partial charge is 0.306 e. The molecule has 2 heterocycles. The highest BCUT2D eigenvalue weighted by atomic mass is 32.1. The first-order valence-corrected chi connectivity index (χ1v) is 11.1. The molecular weight excluding hydrogens is 414 g/mol. The molecule has 1 N–H and O–H groups in total. The van der Waals surface area contributed by atoms with Crippen molar-refractivity contribution in [3.8, 4) is 17.2 Å². The molecule has 1 saturated heterocycles. The number of carbonyl (C=O) groups is 1. The Labute approximate surface area is 186 Å². The van der Waals surface area contributed by atoms with Crippen LogP contribution >= 0.6 is 11.3 Å². The molecule has 0 aliphatic carbocycles. The maximum atomic E-state index is 11.5. The highest BCUT2D eigenvalue weighted by Gasteiger charge is 2.32. The number of methoxy groups -OCH3 is 3. The fourth-order valence-electron chi connectivity index (χ4n) is 4.36. The Morgan fingerprint density at radius 1 is 1.03 bits per heavy atom. The second-order valence-electron chi connectivity index (χ2n) is 7.70. The molecule has 1 aromatic heterocycles. The lowest BCUT2D eigenvalue weighted by atomic mass is 9.93. The van der Waals surface area contributed by atoms with Crippen molar-refractivity contribution in [2.24, 2.45) is 5.92 Å². The Morgan fingerprint density at radius 3 is 2.23 bits per heavy atom. The van der Waals surface area contributed by atoms with Crippen LogP contribution in [0.25, 0.3) is 10.1 Å². The van der Waals surface area contributed by atoms with Crippen molar-refractivity contribution in [3.63, 3.8) is 0 Å². The van der Waals surface area contributed by atoms with Crippen molar-refractivity contribution in [3.05, 3.63) is 52.9 Å². The first-order valence-electron chi connectivity index (χ1n) is 10.3. The first kappa shape index (κ1) is 21.5. The molecule has 0 spiro atoms. The van der Waals surface area contributed by atoms with Crippen LogP contribution in [0.4, 0.5) is 0 Å². The van der Waals surface area contributed by atoms with Crippen LogP contribution in [0.15, 0.2) is 42.5 Å². The van der Waals surface area contributed by atoms with Crippen LogP contribution in [0.1, 0.15) is 29.3 Å². The molecule has 7 heteroatoms. The molecule has 3 aromatic rings. The molecule has 2 aromatic carbocycles. The number of fused-ring (bicyclic) bond motifs is 1. The van der Waals surface area contributed by atoms with E-state index in [4.69, 9.17) is 14.2 Å². The number of hydrogen-bond acceptors (Lipinski definition) is 6. The summed E-state index contributed by atoms with van der Waals surface area (Å²) in [6.45, 7) is 1.43. The van der Waals surface area contributed by atoms with Gasteiger partial charge in [-0.1, -0.05) is 18.2 Å². The van der Waals surface area contributed by atoms with Gasteiger partial charge in [0.2, 0.25) is 5.75 Å². The number of carboxylic acids is 1. The van der Waals surface area contributed by atoms with Gasteiger partial charge in [-0.25, -0.2) is 0 Å². The summed E-state index contributed by atoms with van der Waals surface area (Å²) >= 11 is 1.77. The van der Waals surface area contributed by atoms with Gasteiger partial charge in [-0.15, -0.1) is 11.3 Å². The molecule has 0 amide bonds. The highest BCUT2D eigenvalue weighted by Crippen LogP contribution is 2.44. The Kier molecular flexibility index (Phi) is 6.34. The van der Waals surface area contributed by atoms with Crippen LogP contribution in [0, 0.1) is 5.92 Å². The van der Waals surface area contributed by atoms with Crippen molar-refractivity contribution in [2.45, 2.75) is 18.9 Å². The molecule has 1 atom stereocenters. The SMILES string of the molecule is COc1cc(C(c2cc3ccccc3s2)N2CCC(C(=O)O)CC2)cc(OC)c1OC. The minimum absolute atomic E-state index is 0.0270. The Bertz CT molecular complexity index is 1010.